The average molecular weight is 514 g/mol. The molecule has 0 atom stereocenters. The Labute approximate surface area is 233 Å². The van der Waals surface area contributed by atoms with Gasteiger partial charge in [-0.25, -0.2) is 0 Å². The van der Waals surface area contributed by atoms with Crippen molar-refractivity contribution >= 4 is 33.3 Å². The SMILES string of the molecule is N=C(Nc1ccccc1)c1ccc(-c2ccc(-c3ccc(-n4c5ccccc5c5ccccc54)cc3)cc2)cc1. The molecule has 0 aliphatic carbocycles. The fourth-order valence-electron chi connectivity index (χ4n) is 5.43. The third-order valence-electron chi connectivity index (χ3n) is 7.47. The van der Waals surface area contributed by atoms with Crippen molar-refractivity contribution in [3.8, 4) is 27.9 Å². The van der Waals surface area contributed by atoms with Crippen LogP contribution in [0.15, 0.2) is 152 Å². The molecule has 0 radical (unpaired) electrons. The molecule has 1 heterocycles. The normalized spacial score (nSPS) is 11.1. The lowest BCUT2D eigenvalue weighted by Gasteiger charge is -2.10. The number of benzene rings is 6. The third-order valence-corrected chi connectivity index (χ3v) is 7.47. The number of nitrogens with zero attached hydrogens (tertiary/aromatic N) is 1. The molecule has 0 saturated heterocycles. The second-order valence-electron chi connectivity index (χ2n) is 9.94. The van der Waals surface area contributed by atoms with E-state index in [4.69, 9.17) is 5.41 Å². The van der Waals surface area contributed by atoms with E-state index in [1.165, 1.54) is 32.9 Å². The minimum atomic E-state index is 0.387. The zero-order valence-electron chi connectivity index (χ0n) is 21.9. The van der Waals surface area contributed by atoms with Crippen LogP contribution in [0.4, 0.5) is 5.69 Å². The minimum Gasteiger partial charge on any atom is -0.340 e. The van der Waals surface area contributed by atoms with Gasteiger partial charge in [-0.15, -0.1) is 0 Å². The minimum absolute atomic E-state index is 0.387. The first-order chi connectivity index (χ1) is 19.7. The number of rotatable bonds is 5. The molecule has 0 saturated carbocycles. The van der Waals surface area contributed by atoms with Crippen molar-refractivity contribution in [3.05, 3.63) is 157 Å². The van der Waals surface area contributed by atoms with Crippen molar-refractivity contribution in [2.24, 2.45) is 0 Å². The first kappa shape index (κ1) is 23.7. The number of aromatic nitrogens is 1. The number of hydrogen-bond acceptors (Lipinski definition) is 1. The Morgan fingerprint density at radius 2 is 0.875 bits per heavy atom. The van der Waals surface area contributed by atoms with Crippen molar-refractivity contribution in [3.63, 3.8) is 0 Å². The molecule has 0 unspecified atom stereocenters. The molecule has 0 spiro atoms. The Bertz CT molecular complexity index is 1890. The zero-order chi connectivity index (χ0) is 26.9. The maximum atomic E-state index is 8.39. The van der Waals surface area contributed by atoms with Crippen LogP contribution in [0.5, 0.6) is 0 Å². The van der Waals surface area contributed by atoms with Gasteiger partial charge in [0.05, 0.1) is 11.0 Å². The molecule has 0 fully saturated rings. The number of fused-ring (bicyclic) bond motifs is 3. The Kier molecular flexibility index (Phi) is 5.95. The topological polar surface area (TPSA) is 40.8 Å². The summed E-state index contributed by atoms with van der Waals surface area (Å²) < 4.78 is 2.34. The Morgan fingerprint density at radius 3 is 1.40 bits per heavy atom. The summed E-state index contributed by atoms with van der Waals surface area (Å²) in [6.07, 6.45) is 0. The van der Waals surface area contributed by atoms with Gasteiger partial charge in [-0.2, -0.15) is 0 Å². The van der Waals surface area contributed by atoms with Crippen molar-refractivity contribution in [1.29, 1.82) is 5.41 Å². The third kappa shape index (κ3) is 4.34. The van der Waals surface area contributed by atoms with Crippen LogP contribution in [-0.4, -0.2) is 10.4 Å². The summed E-state index contributed by atoms with van der Waals surface area (Å²) in [6.45, 7) is 0. The largest absolute Gasteiger partial charge is 0.340 e. The molecule has 7 rings (SSSR count). The molecule has 3 nitrogen and oxygen atoms in total. The van der Waals surface area contributed by atoms with Crippen LogP contribution in [0.2, 0.25) is 0 Å². The highest BCUT2D eigenvalue weighted by Gasteiger charge is 2.11. The lowest BCUT2D eigenvalue weighted by Crippen LogP contribution is -2.11. The molecule has 0 aliphatic heterocycles. The summed E-state index contributed by atoms with van der Waals surface area (Å²) in [6, 6.07) is 52.7. The quantitative estimate of drug-likeness (QED) is 0.175. The van der Waals surface area contributed by atoms with E-state index in [1.54, 1.807) is 0 Å². The predicted octanol–water partition coefficient (Wildman–Crippen LogP) is 9.56. The van der Waals surface area contributed by atoms with Crippen molar-refractivity contribution in [2.45, 2.75) is 0 Å². The molecule has 0 bridgehead atoms. The first-order valence-corrected chi connectivity index (χ1v) is 13.5. The van der Waals surface area contributed by atoms with E-state index in [1.807, 2.05) is 42.5 Å². The van der Waals surface area contributed by atoms with Crippen LogP contribution in [0.3, 0.4) is 0 Å². The lowest BCUT2D eigenvalue weighted by molar-refractivity contribution is 1.18. The van der Waals surface area contributed by atoms with Crippen molar-refractivity contribution in [1.82, 2.24) is 4.57 Å². The highest BCUT2D eigenvalue weighted by Crippen LogP contribution is 2.33. The number of anilines is 1. The summed E-state index contributed by atoms with van der Waals surface area (Å²) in [5.74, 6) is 0.387. The highest BCUT2D eigenvalue weighted by molar-refractivity contribution is 6.09. The van der Waals surface area contributed by atoms with E-state index in [0.29, 0.717) is 5.84 Å². The Morgan fingerprint density at radius 1 is 0.450 bits per heavy atom. The van der Waals surface area contributed by atoms with Gasteiger partial charge in [0, 0.05) is 27.7 Å². The van der Waals surface area contributed by atoms with Crippen LogP contribution >= 0.6 is 0 Å². The average Bonchev–Trinajstić information content (AvgIpc) is 3.36. The smallest absolute Gasteiger partial charge is 0.129 e. The van der Waals surface area contributed by atoms with Gasteiger partial charge in [0.15, 0.2) is 0 Å². The molecule has 1 aromatic heterocycles. The summed E-state index contributed by atoms with van der Waals surface area (Å²) in [7, 11) is 0. The molecule has 0 aliphatic rings. The molecule has 0 amide bonds. The maximum absolute atomic E-state index is 8.39. The van der Waals surface area contributed by atoms with Gasteiger partial charge in [-0.1, -0.05) is 115 Å². The molecular weight excluding hydrogens is 486 g/mol. The van der Waals surface area contributed by atoms with Gasteiger partial charge < -0.3 is 9.88 Å². The van der Waals surface area contributed by atoms with Gasteiger partial charge in [0.25, 0.3) is 0 Å². The number of nitrogens with one attached hydrogen (secondary N) is 2. The second-order valence-corrected chi connectivity index (χ2v) is 9.94. The van der Waals surface area contributed by atoms with Crippen LogP contribution < -0.4 is 5.32 Å². The van der Waals surface area contributed by atoms with Gasteiger partial charge >= 0.3 is 0 Å². The summed E-state index contributed by atoms with van der Waals surface area (Å²) in [4.78, 5) is 0. The summed E-state index contributed by atoms with van der Waals surface area (Å²) in [5.41, 5.74) is 10.0. The molecule has 3 heteroatoms. The summed E-state index contributed by atoms with van der Waals surface area (Å²) >= 11 is 0. The van der Waals surface area contributed by atoms with Crippen LogP contribution in [-0.2, 0) is 0 Å². The fraction of sp³-hybridized carbons (Fsp3) is 0. The van der Waals surface area contributed by atoms with Crippen LogP contribution in [0.25, 0.3) is 49.7 Å². The van der Waals surface area contributed by atoms with Crippen molar-refractivity contribution < 1.29 is 0 Å². The lowest BCUT2D eigenvalue weighted by atomic mass is 9.99. The monoisotopic (exact) mass is 513 g/mol. The van der Waals surface area contributed by atoms with E-state index < -0.39 is 0 Å². The van der Waals surface area contributed by atoms with Gasteiger partial charge in [-0.05, 0) is 58.7 Å². The van der Waals surface area contributed by atoms with Crippen molar-refractivity contribution in [2.75, 3.05) is 5.32 Å². The van der Waals surface area contributed by atoms with E-state index in [-0.39, 0.29) is 0 Å². The highest BCUT2D eigenvalue weighted by atomic mass is 15.0. The van der Waals surface area contributed by atoms with E-state index in [9.17, 15) is 0 Å². The Hall–Kier alpha value is -5.41. The molecular formula is C37H27N3. The first-order valence-electron chi connectivity index (χ1n) is 13.5. The van der Waals surface area contributed by atoms with E-state index in [0.717, 1.165) is 28.1 Å². The summed E-state index contributed by atoms with van der Waals surface area (Å²) in [5, 5.41) is 14.1. The molecule has 6 aromatic carbocycles. The predicted molar refractivity (Wildman–Crippen MR) is 169 cm³/mol. The van der Waals surface area contributed by atoms with Crippen LogP contribution in [0.1, 0.15) is 5.56 Å². The Balaban J connectivity index is 1.11. The van der Waals surface area contributed by atoms with E-state index in [2.05, 4.69) is 119 Å². The molecule has 7 aromatic rings. The van der Waals surface area contributed by atoms with Crippen LogP contribution in [0, 0.1) is 5.41 Å². The number of amidine groups is 1. The van der Waals surface area contributed by atoms with Gasteiger partial charge in [0.2, 0.25) is 0 Å². The number of para-hydroxylation sites is 3. The van der Waals surface area contributed by atoms with E-state index >= 15 is 0 Å². The fourth-order valence-corrected chi connectivity index (χ4v) is 5.43. The maximum Gasteiger partial charge on any atom is 0.129 e. The van der Waals surface area contributed by atoms with Gasteiger partial charge in [0.1, 0.15) is 5.84 Å². The number of hydrogen-bond donors (Lipinski definition) is 2. The van der Waals surface area contributed by atoms with Gasteiger partial charge in [-0.3, -0.25) is 5.41 Å². The standard InChI is InChI=1S/C37H27N3/c38-37(39-31-8-2-1-3-9-31)30-20-18-28(19-21-30)26-14-16-27(17-15-26)29-22-24-32(25-23-29)40-35-12-6-4-10-33(35)34-11-5-7-13-36(34)40/h1-25H,(H2,38,39). The zero-order valence-corrected chi connectivity index (χ0v) is 21.9. The molecule has 40 heavy (non-hydrogen) atoms. The molecule has 190 valence electrons. The second kappa shape index (κ2) is 10.0. The molecule has 2 N–H and O–H groups in total.